The van der Waals surface area contributed by atoms with Gasteiger partial charge in [0, 0.05) is 24.6 Å². The summed E-state index contributed by atoms with van der Waals surface area (Å²) in [5, 5.41) is 52.4. The number of aliphatic hydroxyl groups excluding tert-OH is 3. The topological polar surface area (TPSA) is 166 Å². The molecule has 7 rings (SSSR count). The number of aliphatic hydroxyl groups is 4. The molecule has 4 fully saturated rings. The van der Waals surface area contributed by atoms with Gasteiger partial charge in [-0.2, -0.15) is 0 Å². The van der Waals surface area contributed by atoms with Gasteiger partial charge in [0.05, 0.1) is 11.0 Å². The first-order valence-electron chi connectivity index (χ1n) is 13.1. The minimum Gasteiger partial charge on any atom is -0.479 e. The van der Waals surface area contributed by atoms with E-state index in [0.717, 1.165) is 24.2 Å². The molecule has 0 amide bonds. The summed E-state index contributed by atoms with van der Waals surface area (Å²) in [7, 11) is 0. The SMILES string of the molecule is O=C(O)C1OC(Oc2ccc3c4c2O[C@@H]2C(=O)CC[C@]5(O)[C@H](C3)N(CC3CC3)CC[C@@]425)C(O)C(O)C1O. The summed E-state index contributed by atoms with van der Waals surface area (Å²) in [5.41, 5.74) is -0.349. The van der Waals surface area contributed by atoms with Gasteiger partial charge in [0.25, 0.3) is 0 Å². The predicted molar refractivity (Wildman–Crippen MR) is 123 cm³/mol. The molecule has 3 aliphatic carbocycles. The Morgan fingerprint density at radius 1 is 1.14 bits per heavy atom. The lowest BCUT2D eigenvalue weighted by atomic mass is 9.49. The zero-order valence-corrected chi connectivity index (χ0v) is 20.2. The average Bonchev–Trinajstić information content (AvgIpc) is 3.61. The number of carboxylic acid groups (broad SMARTS) is 1. The molecule has 0 aromatic heterocycles. The molecule has 1 aromatic rings. The van der Waals surface area contributed by atoms with Crippen molar-refractivity contribution in [3.8, 4) is 11.5 Å². The van der Waals surface area contributed by atoms with Crippen LogP contribution in [0.4, 0.5) is 0 Å². The maximum absolute atomic E-state index is 13.2. The molecule has 9 atom stereocenters. The number of rotatable bonds is 5. The molecule has 1 spiro atoms. The van der Waals surface area contributed by atoms with Gasteiger partial charge in [-0.15, -0.1) is 0 Å². The average molecular weight is 518 g/mol. The highest BCUT2D eigenvalue weighted by Crippen LogP contribution is 2.65. The fourth-order valence-corrected chi connectivity index (χ4v) is 7.62. The Balaban J connectivity index is 1.29. The molecule has 6 aliphatic rings. The van der Waals surface area contributed by atoms with Crippen LogP contribution in [0.2, 0.25) is 0 Å². The monoisotopic (exact) mass is 517 g/mol. The molecular formula is C26H31NO10. The molecule has 1 aromatic carbocycles. The lowest BCUT2D eigenvalue weighted by Crippen LogP contribution is -2.76. The van der Waals surface area contributed by atoms with Gasteiger partial charge in [0.15, 0.2) is 29.5 Å². The number of hydrogen-bond donors (Lipinski definition) is 5. The molecular weight excluding hydrogens is 486 g/mol. The molecule has 11 heteroatoms. The maximum Gasteiger partial charge on any atom is 0.335 e. The van der Waals surface area contributed by atoms with E-state index in [1.54, 1.807) is 6.07 Å². The van der Waals surface area contributed by atoms with Crippen molar-refractivity contribution in [1.82, 2.24) is 4.90 Å². The first kappa shape index (κ1) is 23.8. The molecule has 2 bridgehead atoms. The smallest absolute Gasteiger partial charge is 0.335 e. The zero-order chi connectivity index (χ0) is 25.9. The van der Waals surface area contributed by atoms with Crippen LogP contribution < -0.4 is 9.47 Å². The number of likely N-dealkylation sites (tertiary alicyclic amines) is 1. The van der Waals surface area contributed by atoms with Crippen molar-refractivity contribution in [2.24, 2.45) is 5.92 Å². The number of ether oxygens (including phenoxy) is 3. The van der Waals surface area contributed by atoms with Gasteiger partial charge in [-0.05, 0) is 56.2 Å². The van der Waals surface area contributed by atoms with Gasteiger partial charge in [0.2, 0.25) is 6.29 Å². The van der Waals surface area contributed by atoms with Crippen molar-refractivity contribution in [2.45, 2.75) is 92.4 Å². The first-order chi connectivity index (χ1) is 17.7. The molecule has 11 nitrogen and oxygen atoms in total. The van der Waals surface area contributed by atoms with Crippen molar-refractivity contribution in [1.29, 1.82) is 0 Å². The van der Waals surface area contributed by atoms with Crippen LogP contribution in [-0.2, 0) is 26.2 Å². The molecule has 2 saturated carbocycles. The Labute approximate surface area is 212 Å². The minimum atomic E-state index is -1.84. The Morgan fingerprint density at radius 3 is 2.65 bits per heavy atom. The maximum atomic E-state index is 13.2. The Bertz CT molecular complexity index is 1170. The quantitative estimate of drug-likeness (QED) is 0.328. The van der Waals surface area contributed by atoms with Crippen LogP contribution in [0, 0.1) is 5.92 Å². The highest BCUT2D eigenvalue weighted by Gasteiger charge is 2.73. The number of ketones is 1. The van der Waals surface area contributed by atoms with Crippen LogP contribution in [0.3, 0.4) is 0 Å². The van der Waals surface area contributed by atoms with Crippen molar-refractivity contribution in [2.75, 3.05) is 13.1 Å². The molecule has 3 aliphatic heterocycles. The van der Waals surface area contributed by atoms with Crippen LogP contribution in [0.25, 0.3) is 0 Å². The third-order valence-corrected chi connectivity index (χ3v) is 9.60. The van der Waals surface area contributed by atoms with Gasteiger partial charge < -0.3 is 39.7 Å². The summed E-state index contributed by atoms with van der Waals surface area (Å²) in [6.45, 7) is 1.69. The van der Waals surface area contributed by atoms with Gasteiger partial charge >= 0.3 is 5.97 Å². The van der Waals surface area contributed by atoms with E-state index in [1.165, 1.54) is 12.8 Å². The van der Waals surface area contributed by atoms with Gasteiger partial charge in [-0.1, -0.05) is 6.07 Å². The summed E-state index contributed by atoms with van der Waals surface area (Å²) < 4.78 is 17.5. The minimum absolute atomic E-state index is 0.0764. The van der Waals surface area contributed by atoms with E-state index in [9.17, 15) is 35.1 Å². The van der Waals surface area contributed by atoms with E-state index in [4.69, 9.17) is 14.2 Å². The molecule has 2 saturated heterocycles. The van der Waals surface area contributed by atoms with Crippen LogP contribution in [0.5, 0.6) is 11.5 Å². The standard InChI is InChI=1S/C26H31NO10/c28-13-5-6-26(34)15-9-12-3-4-14(35-24-19(31)17(29)18(30)21(37-24)23(32)33)20-16(12)25(26,22(13)36-20)7-8-27(15)10-11-1-2-11/h3-4,11,15,17-19,21-22,24,29-31,34H,1-2,5-10H2,(H,32,33)/t15-,17?,18?,19?,21?,22+,24?,25+,26-/m0/s1. The number of benzene rings is 1. The van der Waals surface area contributed by atoms with E-state index < -0.39 is 53.8 Å². The van der Waals surface area contributed by atoms with Crippen molar-refractivity contribution in [3.63, 3.8) is 0 Å². The zero-order valence-electron chi connectivity index (χ0n) is 20.2. The van der Waals surface area contributed by atoms with Gasteiger partial charge in [-0.3, -0.25) is 9.69 Å². The van der Waals surface area contributed by atoms with Crippen molar-refractivity contribution < 1.29 is 49.3 Å². The Kier molecular flexibility index (Phi) is 5.07. The first-order valence-corrected chi connectivity index (χ1v) is 13.1. The number of Topliss-reactive ketones (excluding diaryl/α,β-unsaturated/α-hetero) is 1. The second-order valence-electron chi connectivity index (χ2n) is 11.5. The van der Waals surface area contributed by atoms with E-state index in [0.29, 0.717) is 25.2 Å². The summed E-state index contributed by atoms with van der Waals surface area (Å²) in [4.78, 5) is 27.1. The van der Waals surface area contributed by atoms with E-state index in [2.05, 4.69) is 4.90 Å². The number of piperidine rings is 1. The van der Waals surface area contributed by atoms with Crippen LogP contribution in [-0.4, -0.2) is 104 Å². The molecule has 5 unspecified atom stereocenters. The lowest BCUT2D eigenvalue weighted by Gasteiger charge is -2.62. The van der Waals surface area contributed by atoms with E-state index in [-0.39, 0.29) is 29.7 Å². The Hall–Kier alpha value is -2.28. The normalized spacial score (nSPS) is 44.2. The lowest BCUT2D eigenvalue weighted by molar-refractivity contribution is -0.271. The third kappa shape index (κ3) is 3.09. The van der Waals surface area contributed by atoms with Crippen LogP contribution in [0.1, 0.15) is 43.2 Å². The van der Waals surface area contributed by atoms with Crippen molar-refractivity contribution in [3.05, 3.63) is 23.3 Å². The number of hydrogen-bond acceptors (Lipinski definition) is 10. The summed E-state index contributed by atoms with van der Waals surface area (Å²) in [5.74, 6) is -0.520. The van der Waals surface area contributed by atoms with E-state index >= 15 is 0 Å². The second kappa shape index (κ2) is 7.87. The molecule has 3 heterocycles. The fourth-order valence-electron chi connectivity index (χ4n) is 7.62. The highest BCUT2D eigenvalue weighted by atomic mass is 16.7. The number of aliphatic carboxylic acids is 1. The molecule has 37 heavy (non-hydrogen) atoms. The highest BCUT2D eigenvalue weighted by molar-refractivity contribution is 5.90. The summed E-state index contributed by atoms with van der Waals surface area (Å²) in [6, 6.07) is 3.37. The summed E-state index contributed by atoms with van der Waals surface area (Å²) >= 11 is 0. The molecule has 200 valence electrons. The second-order valence-corrected chi connectivity index (χ2v) is 11.5. The molecule has 5 N–H and O–H groups in total. The van der Waals surface area contributed by atoms with Crippen LogP contribution in [0.15, 0.2) is 12.1 Å². The summed E-state index contributed by atoms with van der Waals surface area (Å²) in [6.07, 6.45) is -5.51. The van der Waals surface area contributed by atoms with Crippen molar-refractivity contribution >= 4 is 11.8 Å². The van der Waals surface area contributed by atoms with Gasteiger partial charge in [-0.25, -0.2) is 4.79 Å². The number of carboxylic acids is 1. The predicted octanol–water partition coefficient (Wildman–Crippen LogP) is -0.909. The number of carbonyl (C=O) groups is 2. The fraction of sp³-hybridized carbons (Fsp3) is 0.692. The number of nitrogens with zero attached hydrogens (tertiary/aromatic N) is 1. The van der Waals surface area contributed by atoms with E-state index in [1.807, 2.05) is 6.07 Å². The Morgan fingerprint density at radius 2 is 1.92 bits per heavy atom. The molecule has 0 radical (unpaired) electrons. The number of carbonyl (C=O) groups excluding carboxylic acids is 1. The largest absolute Gasteiger partial charge is 0.479 e. The third-order valence-electron chi connectivity index (χ3n) is 9.60. The van der Waals surface area contributed by atoms with Crippen LogP contribution >= 0.6 is 0 Å². The van der Waals surface area contributed by atoms with Gasteiger partial charge in [0.1, 0.15) is 18.3 Å².